The zero-order chi connectivity index (χ0) is 24.1. The van der Waals surface area contributed by atoms with Gasteiger partial charge < -0.3 is 15.6 Å². The molecule has 5 nitrogen and oxygen atoms in total. The van der Waals surface area contributed by atoms with Crippen molar-refractivity contribution in [3.8, 4) is 16.3 Å². The van der Waals surface area contributed by atoms with Crippen LogP contribution in [0.5, 0.6) is 5.75 Å². The summed E-state index contributed by atoms with van der Waals surface area (Å²) in [6.45, 7) is 0.0351. The highest BCUT2D eigenvalue weighted by Gasteiger charge is 2.34. The molecule has 176 valence electrons. The van der Waals surface area contributed by atoms with Crippen LogP contribution >= 0.6 is 23.1 Å². The lowest BCUT2D eigenvalue weighted by Crippen LogP contribution is -2.13. The predicted octanol–water partition coefficient (Wildman–Crippen LogP) is 5.95. The third kappa shape index (κ3) is 5.95. The normalized spacial score (nSPS) is 12.5. The zero-order valence-corrected chi connectivity index (χ0v) is 19.3. The van der Waals surface area contributed by atoms with E-state index in [-0.39, 0.29) is 17.1 Å². The fourth-order valence-corrected chi connectivity index (χ4v) is 4.88. The Bertz CT molecular complexity index is 1250. The van der Waals surface area contributed by atoms with Crippen molar-refractivity contribution in [1.82, 2.24) is 10.2 Å². The number of aliphatic hydroxyl groups excluding tert-OH is 1. The Balaban J connectivity index is 1.56. The van der Waals surface area contributed by atoms with Crippen molar-refractivity contribution in [1.29, 1.82) is 0 Å². The van der Waals surface area contributed by atoms with E-state index in [0.29, 0.717) is 27.3 Å². The van der Waals surface area contributed by atoms with Crippen molar-refractivity contribution in [3.05, 3.63) is 88.9 Å². The standard InChI is InChI=1S/C24H20F3N3O2S2/c25-24(26,27)19-11-16(22-29-30-23(34-22)20(28)13-31)9-10-21(19)33-18-8-4-7-17(12-18)32-14-15-5-2-1-3-6-15/h1-12,20,31H,13-14,28H2/t20-/m0/s1. The van der Waals surface area contributed by atoms with Crippen LogP contribution < -0.4 is 10.5 Å². The van der Waals surface area contributed by atoms with E-state index in [1.165, 1.54) is 6.07 Å². The molecule has 3 aromatic carbocycles. The predicted molar refractivity (Wildman–Crippen MR) is 126 cm³/mol. The molecule has 0 amide bonds. The molecule has 1 aromatic heterocycles. The molecule has 1 heterocycles. The Hall–Kier alpha value is -2.92. The fraction of sp³-hybridized carbons (Fsp3) is 0.167. The SMILES string of the molecule is N[C@@H](CO)c1nnc(-c2ccc(Sc3cccc(OCc4ccccc4)c3)c(C(F)(F)F)c2)s1. The molecule has 4 rings (SSSR count). The van der Waals surface area contributed by atoms with Gasteiger partial charge >= 0.3 is 6.18 Å². The lowest BCUT2D eigenvalue weighted by atomic mass is 10.1. The number of hydrogen-bond acceptors (Lipinski definition) is 7. The van der Waals surface area contributed by atoms with E-state index in [4.69, 9.17) is 15.6 Å². The van der Waals surface area contributed by atoms with Crippen molar-refractivity contribution in [2.75, 3.05) is 6.61 Å². The summed E-state index contributed by atoms with van der Waals surface area (Å²) in [6.07, 6.45) is -4.56. The number of aromatic nitrogens is 2. The van der Waals surface area contributed by atoms with Gasteiger partial charge in [-0.3, -0.25) is 0 Å². The highest BCUT2D eigenvalue weighted by Crippen LogP contribution is 2.42. The Kier molecular flexibility index (Phi) is 7.52. The highest BCUT2D eigenvalue weighted by atomic mass is 32.2. The molecule has 34 heavy (non-hydrogen) atoms. The third-order valence-corrected chi connectivity index (χ3v) is 6.94. The summed E-state index contributed by atoms with van der Waals surface area (Å²) in [5, 5.41) is 17.6. The molecule has 0 aliphatic rings. The second-order valence-corrected chi connectivity index (χ2v) is 9.42. The molecule has 0 aliphatic heterocycles. The van der Waals surface area contributed by atoms with E-state index in [1.807, 2.05) is 30.3 Å². The number of ether oxygens (including phenoxy) is 1. The molecular formula is C24H20F3N3O2S2. The number of rotatable bonds is 8. The summed E-state index contributed by atoms with van der Waals surface area (Å²) in [6, 6.07) is 19.9. The molecule has 10 heteroatoms. The van der Waals surface area contributed by atoms with E-state index in [9.17, 15) is 13.2 Å². The maximum absolute atomic E-state index is 13.9. The smallest absolute Gasteiger partial charge is 0.417 e. The molecule has 0 saturated heterocycles. The van der Waals surface area contributed by atoms with Crippen LogP contribution in [0.4, 0.5) is 13.2 Å². The minimum Gasteiger partial charge on any atom is -0.489 e. The number of alkyl halides is 3. The molecule has 0 unspecified atom stereocenters. The average Bonchev–Trinajstić information content (AvgIpc) is 3.33. The van der Waals surface area contributed by atoms with E-state index < -0.39 is 17.8 Å². The maximum Gasteiger partial charge on any atom is 0.417 e. The second-order valence-electron chi connectivity index (χ2n) is 7.29. The van der Waals surface area contributed by atoms with Crippen molar-refractivity contribution >= 4 is 23.1 Å². The first kappa shape index (κ1) is 24.2. The number of halogens is 3. The van der Waals surface area contributed by atoms with Crippen LogP contribution in [-0.2, 0) is 12.8 Å². The minimum atomic E-state index is -4.56. The summed E-state index contributed by atoms with van der Waals surface area (Å²) >= 11 is 2.06. The van der Waals surface area contributed by atoms with Crippen molar-refractivity contribution in [2.24, 2.45) is 5.73 Å². The molecule has 0 radical (unpaired) electrons. The molecule has 4 aromatic rings. The Morgan fingerprint density at radius 2 is 1.79 bits per heavy atom. The van der Waals surface area contributed by atoms with E-state index in [0.717, 1.165) is 34.7 Å². The number of nitrogens with zero attached hydrogens (tertiary/aromatic N) is 2. The number of nitrogens with two attached hydrogens (primary N) is 1. The minimum absolute atomic E-state index is 0.0632. The first-order valence-corrected chi connectivity index (χ1v) is 11.8. The molecular weight excluding hydrogens is 483 g/mol. The summed E-state index contributed by atoms with van der Waals surface area (Å²) in [7, 11) is 0. The molecule has 0 spiro atoms. The Morgan fingerprint density at radius 3 is 2.53 bits per heavy atom. The van der Waals surface area contributed by atoms with Gasteiger partial charge in [0, 0.05) is 15.4 Å². The van der Waals surface area contributed by atoms with E-state index >= 15 is 0 Å². The molecule has 0 bridgehead atoms. The van der Waals surface area contributed by atoms with Crippen molar-refractivity contribution < 1.29 is 23.0 Å². The number of hydrogen-bond donors (Lipinski definition) is 2. The first-order chi connectivity index (χ1) is 16.3. The van der Waals surface area contributed by atoms with E-state index in [2.05, 4.69) is 10.2 Å². The number of benzene rings is 3. The quantitative estimate of drug-likeness (QED) is 0.309. The number of aliphatic hydroxyl groups is 1. The summed E-state index contributed by atoms with van der Waals surface area (Å²) in [5.41, 5.74) is 6.23. The van der Waals surface area contributed by atoms with Gasteiger partial charge in [0.2, 0.25) is 0 Å². The van der Waals surface area contributed by atoms with Crippen LogP contribution in [0.15, 0.2) is 82.6 Å². The summed E-state index contributed by atoms with van der Waals surface area (Å²) in [4.78, 5) is 0.684. The molecule has 3 N–H and O–H groups in total. The summed E-state index contributed by atoms with van der Waals surface area (Å²) in [5.74, 6) is 0.570. The van der Waals surface area contributed by atoms with Crippen molar-refractivity contribution in [3.63, 3.8) is 0 Å². The van der Waals surface area contributed by atoms with Gasteiger partial charge in [-0.25, -0.2) is 0 Å². The van der Waals surface area contributed by atoms with Crippen LogP contribution in [0.3, 0.4) is 0 Å². The molecule has 0 aliphatic carbocycles. The zero-order valence-electron chi connectivity index (χ0n) is 17.7. The van der Waals surface area contributed by atoms with Crippen LogP contribution in [0.1, 0.15) is 22.2 Å². The molecule has 0 saturated carbocycles. The lowest BCUT2D eigenvalue weighted by Gasteiger charge is -2.14. The van der Waals surface area contributed by atoms with Gasteiger partial charge in [-0.1, -0.05) is 65.6 Å². The van der Waals surface area contributed by atoms with Gasteiger partial charge in [-0.15, -0.1) is 10.2 Å². The van der Waals surface area contributed by atoms with E-state index in [1.54, 1.807) is 30.3 Å². The monoisotopic (exact) mass is 503 g/mol. The Labute approximate surface area is 202 Å². The molecule has 0 fully saturated rings. The van der Waals surface area contributed by atoms with Gasteiger partial charge in [0.25, 0.3) is 0 Å². The van der Waals surface area contributed by atoms with Gasteiger partial charge in [-0.2, -0.15) is 13.2 Å². The second kappa shape index (κ2) is 10.6. The third-order valence-electron chi connectivity index (χ3n) is 4.77. The van der Waals surface area contributed by atoms with Gasteiger partial charge in [0.05, 0.1) is 18.2 Å². The first-order valence-electron chi connectivity index (χ1n) is 10.2. The Morgan fingerprint density at radius 1 is 1.00 bits per heavy atom. The molecule has 1 atom stereocenters. The van der Waals surface area contributed by atoms with Gasteiger partial charge in [0.15, 0.2) is 0 Å². The van der Waals surface area contributed by atoms with Crippen LogP contribution in [0, 0.1) is 0 Å². The maximum atomic E-state index is 13.9. The lowest BCUT2D eigenvalue weighted by molar-refractivity contribution is -0.139. The van der Waals surface area contributed by atoms with Gasteiger partial charge in [-0.05, 0) is 35.9 Å². The van der Waals surface area contributed by atoms with Crippen LogP contribution in [0.25, 0.3) is 10.6 Å². The highest BCUT2D eigenvalue weighted by molar-refractivity contribution is 7.99. The topological polar surface area (TPSA) is 81.3 Å². The van der Waals surface area contributed by atoms with Gasteiger partial charge in [0.1, 0.15) is 22.4 Å². The van der Waals surface area contributed by atoms with Crippen LogP contribution in [-0.4, -0.2) is 21.9 Å². The van der Waals surface area contributed by atoms with Crippen LogP contribution in [0.2, 0.25) is 0 Å². The summed E-state index contributed by atoms with van der Waals surface area (Å²) < 4.78 is 47.5. The average molecular weight is 504 g/mol. The fourth-order valence-electron chi connectivity index (χ4n) is 3.05. The van der Waals surface area contributed by atoms with Crippen molar-refractivity contribution in [2.45, 2.75) is 28.6 Å². The largest absolute Gasteiger partial charge is 0.489 e.